The van der Waals surface area contributed by atoms with Gasteiger partial charge in [0.05, 0.1) is 30.0 Å². The van der Waals surface area contributed by atoms with Crippen molar-refractivity contribution in [3.8, 4) is 0 Å². The zero-order chi connectivity index (χ0) is 13.0. The maximum atomic E-state index is 12.9. The number of hydrogen-bond donors (Lipinski definition) is 3. The number of pyridine rings is 1. The number of nitrogens with zero attached hydrogens (tertiary/aromatic N) is 1. The predicted molar refractivity (Wildman–Crippen MR) is 52.8 cm³/mol. The summed E-state index contributed by atoms with van der Waals surface area (Å²) in [5, 5.41) is 27.3. The van der Waals surface area contributed by atoms with Gasteiger partial charge >= 0.3 is 5.97 Å². The minimum Gasteiger partial charge on any atom is -0.481 e. The molecule has 2 atom stereocenters. The van der Waals surface area contributed by atoms with Crippen molar-refractivity contribution >= 4 is 12.3 Å². The largest absolute Gasteiger partial charge is 0.481 e. The van der Waals surface area contributed by atoms with Gasteiger partial charge in [0.15, 0.2) is 12.1 Å². The van der Waals surface area contributed by atoms with E-state index in [0.29, 0.717) is 0 Å². The van der Waals surface area contributed by atoms with Gasteiger partial charge in [-0.3, -0.25) is 14.6 Å². The topological polar surface area (TPSA) is 108 Å². The highest BCUT2D eigenvalue weighted by Crippen LogP contribution is 2.18. The molecule has 1 rings (SSSR count). The number of aliphatic hydroxyl groups excluding tert-OH is 2. The van der Waals surface area contributed by atoms with E-state index < -0.39 is 30.4 Å². The highest BCUT2D eigenvalue weighted by Gasteiger charge is 2.23. The number of carboxylic acids is 1. The Bertz CT molecular complexity index is 437. The summed E-state index contributed by atoms with van der Waals surface area (Å²) >= 11 is 0. The molecule has 7 heteroatoms. The average molecular weight is 243 g/mol. The van der Waals surface area contributed by atoms with Gasteiger partial charge in [-0.2, -0.15) is 0 Å². The maximum Gasteiger partial charge on any atom is 0.306 e. The number of carbonyl (C=O) groups excluding carboxylic acids is 1. The number of carboxylic acid groups (broad SMARTS) is 1. The summed E-state index contributed by atoms with van der Waals surface area (Å²) in [7, 11) is 0. The van der Waals surface area contributed by atoms with Crippen molar-refractivity contribution in [1.29, 1.82) is 0 Å². The summed E-state index contributed by atoms with van der Waals surface area (Å²) in [5.41, 5.74) is -0.487. The van der Waals surface area contributed by atoms with Crippen LogP contribution in [-0.2, 0) is 4.79 Å². The Balaban J connectivity index is 2.92. The first kappa shape index (κ1) is 13.2. The third kappa shape index (κ3) is 3.30. The number of carbonyl (C=O) groups is 2. The van der Waals surface area contributed by atoms with Crippen molar-refractivity contribution in [3.63, 3.8) is 0 Å². The SMILES string of the molecule is O=Cc1cc(C(O)C(O)CC(=O)O)ncc1F. The summed E-state index contributed by atoms with van der Waals surface area (Å²) in [4.78, 5) is 24.2. The quantitative estimate of drug-likeness (QED) is 0.623. The maximum absolute atomic E-state index is 12.9. The van der Waals surface area contributed by atoms with Gasteiger partial charge < -0.3 is 15.3 Å². The molecule has 92 valence electrons. The molecule has 0 radical (unpaired) electrons. The zero-order valence-electron chi connectivity index (χ0n) is 8.58. The smallest absolute Gasteiger partial charge is 0.306 e. The van der Waals surface area contributed by atoms with Crippen LogP contribution in [0.2, 0.25) is 0 Å². The molecule has 0 spiro atoms. The minimum absolute atomic E-state index is 0.165. The Labute approximate surface area is 95.3 Å². The van der Waals surface area contributed by atoms with Crippen molar-refractivity contribution in [1.82, 2.24) is 4.98 Å². The van der Waals surface area contributed by atoms with E-state index in [1.807, 2.05) is 0 Å². The van der Waals surface area contributed by atoms with Gasteiger partial charge in [0.2, 0.25) is 0 Å². The number of aliphatic carboxylic acids is 1. The molecule has 0 aliphatic heterocycles. The highest BCUT2D eigenvalue weighted by molar-refractivity contribution is 5.75. The van der Waals surface area contributed by atoms with Gasteiger partial charge in [-0.1, -0.05) is 0 Å². The lowest BCUT2D eigenvalue weighted by atomic mass is 10.1. The first-order chi connectivity index (χ1) is 7.95. The van der Waals surface area contributed by atoms with Gasteiger partial charge in [0.25, 0.3) is 0 Å². The number of halogens is 1. The van der Waals surface area contributed by atoms with E-state index in [4.69, 9.17) is 5.11 Å². The van der Waals surface area contributed by atoms with Crippen LogP contribution in [0.1, 0.15) is 28.6 Å². The molecule has 1 aromatic rings. The summed E-state index contributed by atoms with van der Waals surface area (Å²) in [6.45, 7) is 0. The lowest BCUT2D eigenvalue weighted by Gasteiger charge is -2.15. The molecule has 0 aliphatic rings. The molecule has 0 amide bonds. The Morgan fingerprint density at radius 3 is 2.71 bits per heavy atom. The molecule has 0 aromatic carbocycles. The van der Waals surface area contributed by atoms with E-state index in [-0.39, 0.29) is 17.5 Å². The third-order valence-electron chi connectivity index (χ3n) is 2.08. The van der Waals surface area contributed by atoms with Crippen molar-refractivity contribution in [2.45, 2.75) is 18.6 Å². The molecule has 3 N–H and O–H groups in total. The standard InChI is InChI=1S/C10H10FNO5/c11-6-3-12-7(1-5(6)4-13)10(17)8(14)2-9(15)16/h1,3-4,8,10,14,17H,2H2,(H,15,16). The summed E-state index contributed by atoms with van der Waals surface area (Å²) < 4.78 is 12.9. The van der Waals surface area contributed by atoms with Crippen molar-refractivity contribution < 1.29 is 29.3 Å². The van der Waals surface area contributed by atoms with E-state index in [2.05, 4.69) is 4.98 Å². The molecule has 0 bridgehead atoms. The van der Waals surface area contributed by atoms with E-state index in [0.717, 1.165) is 12.3 Å². The van der Waals surface area contributed by atoms with E-state index >= 15 is 0 Å². The highest BCUT2D eigenvalue weighted by atomic mass is 19.1. The predicted octanol–water partition coefficient (Wildman–Crippen LogP) is -0.0978. The van der Waals surface area contributed by atoms with Gasteiger partial charge in [-0.25, -0.2) is 4.39 Å². The van der Waals surface area contributed by atoms with Gasteiger partial charge in [0, 0.05) is 0 Å². The molecule has 2 unspecified atom stereocenters. The second-order valence-electron chi connectivity index (χ2n) is 3.36. The van der Waals surface area contributed by atoms with Gasteiger partial charge in [0.1, 0.15) is 6.10 Å². The fourth-order valence-electron chi connectivity index (χ4n) is 1.21. The molecule has 6 nitrogen and oxygen atoms in total. The molecule has 0 fully saturated rings. The summed E-state index contributed by atoms with van der Waals surface area (Å²) in [6.07, 6.45) is -2.90. The van der Waals surface area contributed by atoms with E-state index in [1.165, 1.54) is 0 Å². The molecular formula is C10H10FNO5. The van der Waals surface area contributed by atoms with Crippen LogP contribution >= 0.6 is 0 Å². The van der Waals surface area contributed by atoms with Crippen LogP contribution < -0.4 is 0 Å². The van der Waals surface area contributed by atoms with Crippen LogP contribution in [0, 0.1) is 5.82 Å². The fraction of sp³-hybridized carbons (Fsp3) is 0.300. The molecule has 0 aliphatic carbocycles. The van der Waals surface area contributed by atoms with Crippen LogP contribution in [-0.4, -0.2) is 38.7 Å². The van der Waals surface area contributed by atoms with E-state index in [1.54, 1.807) is 0 Å². The molecule has 0 saturated heterocycles. The molecule has 1 aromatic heterocycles. The van der Waals surface area contributed by atoms with Crippen molar-refractivity contribution in [3.05, 3.63) is 29.3 Å². The lowest BCUT2D eigenvalue weighted by Crippen LogP contribution is -2.22. The number of hydrogen-bond acceptors (Lipinski definition) is 5. The number of aldehydes is 1. The Morgan fingerprint density at radius 1 is 1.53 bits per heavy atom. The monoisotopic (exact) mass is 243 g/mol. The number of aromatic nitrogens is 1. The van der Waals surface area contributed by atoms with Crippen molar-refractivity contribution in [2.24, 2.45) is 0 Å². The summed E-state index contributed by atoms with van der Waals surface area (Å²) in [6, 6.07) is 0.956. The van der Waals surface area contributed by atoms with Gasteiger partial charge in [-0.15, -0.1) is 0 Å². The fourth-order valence-corrected chi connectivity index (χ4v) is 1.21. The first-order valence-corrected chi connectivity index (χ1v) is 4.64. The van der Waals surface area contributed by atoms with Crippen LogP contribution in [0.3, 0.4) is 0 Å². The second-order valence-corrected chi connectivity index (χ2v) is 3.36. The lowest BCUT2D eigenvalue weighted by molar-refractivity contribution is -0.141. The first-order valence-electron chi connectivity index (χ1n) is 4.64. The van der Waals surface area contributed by atoms with Crippen molar-refractivity contribution in [2.75, 3.05) is 0 Å². The third-order valence-corrected chi connectivity index (χ3v) is 2.08. The molecule has 17 heavy (non-hydrogen) atoms. The molecule has 1 heterocycles. The Kier molecular flexibility index (Phi) is 4.24. The number of rotatable bonds is 5. The minimum atomic E-state index is -1.59. The normalized spacial score (nSPS) is 14.1. The zero-order valence-corrected chi connectivity index (χ0v) is 8.58. The summed E-state index contributed by atoms with van der Waals surface area (Å²) in [5.74, 6) is -2.15. The average Bonchev–Trinajstić information content (AvgIpc) is 2.27. The molecule has 0 saturated carbocycles. The Hall–Kier alpha value is -1.86. The van der Waals surface area contributed by atoms with Crippen LogP contribution in [0.15, 0.2) is 12.3 Å². The van der Waals surface area contributed by atoms with Crippen LogP contribution in [0.5, 0.6) is 0 Å². The van der Waals surface area contributed by atoms with Gasteiger partial charge in [-0.05, 0) is 6.07 Å². The Morgan fingerprint density at radius 2 is 2.18 bits per heavy atom. The molecular weight excluding hydrogens is 233 g/mol. The van der Waals surface area contributed by atoms with Crippen LogP contribution in [0.25, 0.3) is 0 Å². The number of aliphatic hydroxyl groups is 2. The second kappa shape index (κ2) is 5.46. The van der Waals surface area contributed by atoms with E-state index in [9.17, 15) is 24.2 Å². The van der Waals surface area contributed by atoms with Crippen LogP contribution in [0.4, 0.5) is 4.39 Å².